The zero-order chi connectivity index (χ0) is 16.1. The molecule has 1 aromatic carbocycles. The van der Waals surface area contributed by atoms with Crippen LogP contribution in [0.5, 0.6) is 0 Å². The number of aryl methyl sites for hydroxylation is 1. The fourth-order valence-electron chi connectivity index (χ4n) is 1.77. The number of benzene rings is 1. The van der Waals surface area contributed by atoms with Crippen molar-refractivity contribution >= 4 is 17.3 Å². The monoisotopic (exact) mass is 301 g/mol. The van der Waals surface area contributed by atoms with Crippen molar-refractivity contribution < 1.29 is 9.72 Å². The molecule has 1 amide bonds. The van der Waals surface area contributed by atoms with Crippen molar-refractivity contribution in [3.05, 3.63) is 57.9 Å². The number of nitro groups is 1. The molecular weight excluding hydrogens is 286 g/mol. The van der Waals surface area contributed by atoms with E-state index in [-0.39, 0.29) is 18.1 Å². The van der Waals surface area contributed by atoms with Gasteiger partial charge in [0.25, 0.3) is 11.6 Å². The van der Waals surface area contributed by atoms with Crippen LogP contribution in [0.4, 0.5) is 5.69 Å². The van der Waals surface area contributed by atoms with Gasteiger partial charge >= 0.3 is 0 Å². The van der Waals surface area contributed by atoms with Crippen LogP contribution in [-0.4, -0.2) is 26.3 Å². The summed E-state index contributed by atoms with van der Waals surface area (Å²) in [6.45, 7) is 3.62. The van der Waals surface area contributed by atoms with Crippen LogP contribution >= 0.6 is 0 Å². The Labute approximate surface area is 126 Å². The Morgan fingerprint density at radius 2 is 2.05 bits per heavy atom. The molecule has 0 bridgehead atoms. The molecule has 0 saturated carbocycles. The molecule has 0 aliphatic carbocycles. The maximum absolute atomic E-state index is 11.7. The highest BCUT2D eigenvalue weighted by molar-refractivity contribution is 5.99. The predicted octanol–water partition coefficient (Wildman–Crippen LogP) is 1.64. The van der Waals surface area contributed by atoms with Crippen LogP contribution in [0.2, 0.25) is 0 Å². The van der Waals surface area contributed by atoms with Gasteiger partial charge in [-0.05, 0) is 37.6 Å². The number of carbonyl (C=O) groups excluding carboxylic acids is 1. The Morgan fingerprint density at radius 1 is 1.36 bits per heavy atom. The number of aromatic nitrogens is 2. The standard InChI is InChI=1S/C14H15N5O3/c1-10-7-8-18(17-10)9-14(20)16-15-11(2)12-3-5-13(6-4-12)19(21)22/h3-8H,9H2,1-2H3,(H,16,20). The first kappa shape index (κ1) is 15.4. The van der Waals surface area contributed by atoms with E-state index in [1.807, 2.05) is 6.92 Å². The van der Waals surface area contributed by atoms with E-state index in [9.17, 15) is 14.9 Å². The Kier molecular flexibility index (Phi) is 4.62. The minimum atomic E-state index is -0.468. The van der Waals surface area contributed by atoms with Gasteiger partial charge in [0, 0.05) is 18.3 Å². The van der Waals surface area contributed by atoms with Crippen molar-refractivity contribution in [2.75, 3.05) is 0 Å². The van der Waals surface area contributed by atoms with E-state index < -0.39 is 4.92 Å². The predicted molar refractivity (Wildman–Crippen MR) is 80.4 cm³/mol. The minimum Gasteiger partial charge on any atom is -0.271 e. The zero-order valence-corrected chi connectivity index (χ0v) is 12.2. The summed E-state index contributed by atoms with van der Waals surface area (Å²) >= 11 is 0. The molecule has 0 unspecified atom stereocenters. The lowest BCUT2D eigenvalue weighted by Gasteiger charge is -2.03. The SMILES string of the molecule is CC(=NNC(=O)Cn1ccc(C)n1)c1ccc([N+](=O)[O-])cc1. The molecule has 0 aliphatic heterocycles. The Bertz CT molecular complexity index is 718. The van der Waals surface area contributed by atoms with Crippen LogP contribution in [0.15, 0.2) is 41.6 Å². The second-order valence-electron chi connectivity index (χ2n) is 4.69. The second kappa shape index (κ2) is 6.61. The van der Waals surface area contributed by atoms with Gasteiger partial charge in [0.2, 0.25) is 0 Å². The molecule has 8 heteroatoms. The number of nitrogens with one attached hydrogen (secondary N) is 1. The van der Waals surface area contributed by atoms with E-state index in [0.717, 1.165) is 5.69 Å². The highest BCUT2D eigenvalue weighted by Crippen LogP contribution is 2.12. The maximum Gasteiger partial charge on any atom is 0.269 e. The molecule has 1 N–H and O–H groups in total. The number of hydrogen-bond donors (Lipinski definition) is 1. The molecule has 0 fully saturated rings. The second-order valence-corrected chi connectivity index (χ2v) is 4.69. The van der Waals surface area contributed by atoms with Crippen LogP contribution < -0.4 is 5.43 Å². The maximum atomic E-state index is 11.7. The molecule has 0 spiro atoms. The van der Waals surface area contributed by atoms with Crippen molar-refractivity contribution in [2.45, 2.75) is 20.4 Å². The first-order valence-corrected chi connectivity index (χ1v) is 6.54. The number of nitrogens with zero attached hydrogens (tertiary/aromatic N) is 4. The molecule has 22 heavy (non-hydrogen) atoms. The molecule has 0 atom stereocenters. The summed E-state index contributed by atoms with van der Waals surface area (Å²) in [5.74, 6) is -0.302. The van der Waals surface area contributed by atoms with Gasteiger partial charge in [-0.3, -0.25) is 19.6 Å². The summed E-state index contributed by atoms with van der Waals surface area (Å²) in [6, 6.07) is 7.75. The fraction of sp³-hybridized carbons (Fsp3) is 0.214. The number of nitro benzene ring substituents is 1. The van der Waals surface area contributed by atoms with E-state index in [1.54, 1.807) is 31.3 Å². The first-order chi connectivity index (χ1) is 10.5. The van der Waals surface area contributed by atoms with Crippen LogP contribution in [-0.2, 0) is 11.3 Å². The van der Waals surface area contributed by atoms with Gasteiger partial charge in [0.05, 0.1) is 16.3 Å². The molecule has 1 aromatic heterocycles. The Balaban J connectivity index is 1.96. The molecular formula is C14H15N5O3. The molecule has 0 aliphatic rings. The zero-order valence-electron chi connectivity index (χ0n) is 12.2. The molecule has 2 aromatic rings. The van der Waals surface area contributed by atoms with Crippen molar-refractivity contribution in [3.8, 4) is 0 Å². The molecule has 114 valence electrons. The van der Waals surface area contributed by atoms with E-state index in [1.165, 1.54) is 16.8 Å². The van der Waals surface area contributed by atoms with Crippen LogP contribution in [0.3, 0.4) is 0 Å². The van der Waals surface area contributed by atoms with Gasteiger partial charge < -0.3 is 0 Å². The third-order valence-corrected chi connectivity index (χ3v) is 2.92. The molecule has 0 radical (unpaired) electrons. The average molecular weight is 301 g/mol. The van der Waals surface area contributed by atoms with Gasteiger partial charge in [-0.25, -0.2) is 5.43 Å². The van der Waals surface area contributed by atoms with E-state index in [2.05, 4.69) is 15.6 Å². The van der Waals surface area contributed by atoms with Crippen molar-refractivity contribution in [3.63, 3.8) is 0 Å². The van der Waals surface area contributed by atoms with Crippen LogP contribution in [0, 0.1) is 17.0 Å². The summed E-state index contributed by atoms with van der Waals surface area (Å²) in [7, 11) is 0. The summed E-state index contributed by atoms with van der Waals surface area (Å²) in [6.07, 6.45) is 1.71. The summed E-state index contributed by atoms with van der Waals surface area (Å²) < 4.78 is 1.52. The number of carbonyl (C=O) groups is 1. The van der Waals surface area contributed by atoms with Gasteiger partial charge in [0.1, 0.15) is 6.54 Å². The average Bonchev–Trinajstić information content (AvgIpc) is 2.90. The Hall–Kier alpha value is -3.03. The lowest BCUT2D eigenvalue weighted by atomic mass is 10.1. The van der Waals surface area contributed by atoms with Gasteiger partial charge in [-0.2, -0.15) is 10.2 Å². The highest BCUT2D eigenvalue weighted by atomic mass is 16.6. The number of hydrogen-bond acceptors (Lipinski definition) is 5. The fourth-order valence-corrected chi connectivity index (χ4v) is 1.77. The number of rotatable bonds is 5. The molecule has 0 saturated heterocycles. The summed E-state index contributed by atoms with van der Waals surface area (Å²) in [4.78, 5) is 21.8. The topological polar surface area (TPSA) is 102 Å². The first-order valence-electron chi connectivity index (χ1n) is 6.54. The molecule has 2 rings (SSSR count). The number of non-ortho nitro benzene ring substituents is 1. The quantitative estimate of drug-likeness (QED) is 0.515. The lowest BCUT2D eigenvalue weighted by Crippen LogP contribution is -2.24. The lowest BCUT2D eigenvalue weighted by molar-refractivity contribution is -0.384. The third-order valence-electron chi connectivity index (χ3n) is 2.92. The van der Waals surface area contributed by atoms with Crippen molar-refractivity contribution in [1.29, 1.82) is 0 Å². The minimum absolute atomic E-state index is 0.00892. The summed E-state index contributed by atoms with van der Waals surface area (Å²) in [5, 5.41) is 18.7. The van der Waals surface area contributed by atoms with Gasteiger partial charge in [0.15, 0.2) is 0 Å². The van der Waals surface area contributed by atoms with Crippen LogP contribution in [0.1, 0.15) is 18.2 Å². The third kappa shape index (κ3) is 3.98. The normalized spacial score (nSPS) is 11.3. The molecule has 8 nitrogen and oxygen atoms in total. The van der Waals surface area contributed by atoms with Crippen molar-refractivity contribution in [2.24, 2.45) is 5.10 Å². The highest BCUT2D eigenvalue weighted by Gasteiger charge is 2.06. The van der Waals surface area contributed by atoms with E-state index in [0.29, 0.717) is 11.3 Å². The van der Waals surface area contributed by atoms with Gasteiger partial charge in [-0.15, -0.1) is 0 Å². The molecule has 1 heterocycles. The summed E-state index contributed by atoms with van der Waals surface area (Å²) in [5.41, 5.74) is 4.52. The number of amides is 1. The Morgan fingerprint density at radius 3 is 2.59 bits per heavy atom. The van der Waals surface area contributed by atoms with Crippen LogP contribution in [0.25, 0.3) is 0 Å². The number of hydrazone groups is 1. The van der Waals surface area contributed by atoms with E-state index in [4.69, 9.17) is 0 Å². The smallest absolute Gasteiger partial charge is 0.269 e. The van der Waals surface area contributed by atoms with Crippen molar-refractivity contribution in [1.82, 2.24) is 15.2 Å². The largest absolute Gasteiger partial charge is 0.271 e. The van der Waals surface area contributed by atoms with Gasteiger partial charge in [-0.1, -0.05) is 0 Å². The van der Waals surface area contributed by atoms with E-state index >= 15 is 0 Å².